The molecule has 0 aliphatic carbocycles. The molecular formula is C25H20N4O2S. The van der Waals surface area contributed by atoms with E-state index in [1.807, 2.05) is 102 Å². The fourth-order valence-electron chi connectivity index (χ4n) is 3.37. The lowest BCUT2D eigenvalue weighted by atomic mass is 10.2. The van der Waals surface area contributed by atoms with Gasteiger partial charge in [-0.2, -0.15) is 0 Å². The summed E-state index contributed by atoms with van der Waals surface area (Å²) in [6, 6.07) is 28.9. The summed E-state index contributed by atoms with van der Waals surface area (Å²) in [4.78, 5) is 12.8. The normalized spacial score (nSPS) is 12.0. The third-order valence-corrected chi connectivity index (χ3v) is 6.04. The third kappa shape index (κ3) is 4.15. The molecule has 1 N–H and O–H groups in total. The third-order valence-electron chi connectivity index (χ3n) is 5.00. The predicted molar refractivity (Wildman–Crippen MR) is 127 cm³/mol. The second-order valence-electron chi connectivity index (χ2n) is 7.26. The number of para-hydroxylation sites is 2. The molecule has 0 fully saturated rings. The first kappa shape index (κ1) is 20.1. The number of aromatic nitrogens is 3. The number of anilines is 1. The summed E-state index contributed by atoms with van der Waals surface area (Å²) in [6.45, 7) is 1.86. The van der Waals surface area contributed by atoms with E-state index in [4.69, 9.17) is 4.74 Å². The van der Waals surface area contributed by atoms with Gasteiger partial charge in [0.25, 0.3) is 0 Å². The van der Waals surface area contributed by atoms with Crippen molar-refractivity contribution in [2.24, 2.45) is 0 Å². The molecule has 2 aromatic heterocycles. The van der Waals surface area contributed by atoms with Crippen LogP contribution in [0.25, 0.3) is 16.6 Å². The smallest absolute Gasteiger partial charge is 0.237 e. The van der Waals surface area contributed by atoms with E-state index in [9.17, 15) is 4.79 Å². The summed E-state index contributed by atoms with van der Waals surface area (Å²) in [5.74, 6) is 1.37. The first-order valence-corrected chi connectivity index (χ1v) is 11.1. The molecule has 0 aliphatic rings. The lowest BCUT2D eigenvalue weighted by Crippen LogP contribution is -2.22. The second-order valence-corrected chi connectivity index (χ2v) is 8.57. The Morgan fingerprint density at radius 1 is 0.875 bits per heavy atom. The highest BCUT2D eigenvalue weighted by molar-refractivity contribution is 8.00. The van der Waals surface area contributed by atoms with Crippen molar-refractivity contribution in [1.82, 2.24) is 14.6 Å². The zero-order chi connectivity index (χ0) is 21.9. The number of amides is 1. The molecule has 32 heavy (non-hydrogen) atoms. The van der Waals surface area contributed by atoms with Crippen molar-refractivity contribution < 1.29 is 9.53 Å². The van der Waals surface area contributed by atoms with Crippen LogP contribution in [-0.2, 0) is 4.79 Å². The molecule has 1 amide bonds. The van der Waals surface area contributed by atoms with Crippen molar-refractivity contribution in [1.29, 1.82) is 0 Å². The number of carbonyl (C=O) groups excluding carboxylic acids is 1. The van der Waals surface area contributed by atoms with Crippen molar-refractivity contribution in [3.05, 3.63) is 91.0 Å². The van der Waals surface area contributed by atoms with Crippen LogP contribution in [0.1, 0.15) is 6.92 Å². The number of benzene rings is 3. The van der Waals surface area contributed by atoms with Gasteiger partial charge in [0, 0.05) is 5.69 Å². The first-order valence-electron chi connectivity index (χ1n) is 10.2. The quantitative estimate of drug-likeness (QED) is 0.338. The highest BCUT2D eigenvalue weighted by atomic mass is 32.2. The van der Waals surface area contributed by atoms with Gasteiger partial charge in [0.2, 0.25) is 5.91 Å². The zero-order valence-corrected chi connectivity index (χ0v) is 18.1. The van der Waals surface area contributed by atoms with Crippen LogP contribution in [0.5, 0.6) is 11.5 Å². The molecule has 0 bridgehead atoms. The number of nitrogens with zero attached hydrogens (tertiary/aromatic N) is 3. The highest BCUT2D eigenvalue weighted by Crippen LogP contribution is 2.27. The van der Waals surface area contributed by atoms with E-state index >= 15 is 0 Å². The lowest BCUT2D eigenvalue weighted by molar-refractivity contribution is -0.115. The van der Waals surface area contributed by atoms with E-state index in [2.05, 4.69) is 15.5 Å². The summed E-state index contributed by atoms with van der Waals surface area (Å²) in [5.41, 5.74) is 2.48. The average Bonchev–Trinajstić information content (AvgIpc) is 3.24. The Balaban J connectivity index is 1.28. The molecule has 5 aromatic rings. The number of hydrogen-bond acceptors (Lipinski definition) is 5. The van der Waals surface area contributed by atoms with E-state index in [0.717, 1.165) is 22.3 Å². The number of thioether (sulfide) groups is 1. The number of hydrogen-bond donors (Lipinski definition) is 1. The zero-order valence-electron chi connectivity index (χ0n) is 17.3. The summed E-state index contributed by atoms with van der Waals surface area (Å²) < 4.78 is 7.78. The highest BCUT2D eigenvalue weighted by Gasteiger charge is 2.19. The maximum atomic E-state index is 12.8. The molecule has 2 heterocycles. The molecule has 1 atom stereocenters. The molecule has 7 heteroatoms. The second kappa shape index (κ2) is 8.72. The maximum Gasteiger partial charge on any atom is 0.237 e. The van der Waals surface area contributed by atoms with Crippen LogP contribution in [0, 0.1) is 0 Å². The molecule has 5 rings (SSSR count). The van der Waals surface area contributed by atoms with Crippen LogP contribution in [0.2, 0.25) is 0 Å². The topological polar surface area (TPSA) is 68.5 Å². The van der Waals surface area contributed by atoms with Gasteiger partial charge in [-0.1, -0.05) is 48.2 Å². The summed E-state index contributed by atoms with van der Waals surface area (Å²) >= 11 is 1.38. The molecule has 0 radical (unpaired) electrons. The monoisotopic (exact) mass is 440 g/mol. The lowest BCUT2D eigenvalue weighted by Gasteiger charge is -2.12. The van der Waals surface area contributed by atoms with Crippen LogP contribution < -0.4 is 10.1 Å². The van der Waals surface area contributed by atoms with Crippen LogP contribution >= 0.6 is 11.8 Å². The average molecular weight is 441 g/mol. The fraction of sp³-hybridized carbons (Fsp3) is 0.0800. The van der Waals surface area contributed by atoms with Gasteiger partial charge < -0.3 is 10.1 Å². The van der Waals surface area contributed by atoms with Crippen LogP contribution in [0.4, 0.5) is 5.69 Å². The number of nitrogens with one attached hydrogen (secondary N) is 1. The van der Waals surface area contributed by atoms with Gasteiger partial charge in [-0.3, -0.25) is 9.20 Å². The number of carbonyl (C=O) groups is 1. The Hall–Kier alpha value is -3.84. The minimum absolute atomic E-state index is 0.108. The molecule has 0 spiro atoms. The van der Waals surface area contributed by atoms with Gasteiger partial charge in [-0.05, 0) is 66.9 Å². The molecule has 3 aromatic carbocycles. The molecule has 0 unspecified atom stereocenters. The van der Waals surface area contributed by atoms with E-state index < -0.39 is 0 Å². The Morgan fingerprint density at radius 3 is 2.41 bits per heavy atom. The van der Waals surface area contributed by atoms with Crippen molar-refractivity contribution >= 4 is 39.9 Å². The number of pyridine rings is 1. The number of fused-ring (bicyclic) bond motifs is 3. The number of rotatable bonds is 6. The van der Waals surface area contributed by atoms with E-state index in [-0.39, 0.29) is 11.2 Å². The molecular weight excluding hydrogens is 420 g/mol. The Bertz CT molecular complexity index is 1380. The van der Waals surface area contributed by atoms with Gasteiger partial charge in [0.05, 0.1) is 10.8 Å². The first-order chi connectivity index (χ1) is 15.7. The molecule has 0 aliphatic heterocycles. The fourth-order valence-corrected chi connectivity index (χ4v) is 4.24. The van der Waals surface area contributed by atoms with E-state index in [0.29, 0.717) is 16.6 Å². The van der Waals surface area contributed by atoms with E-state index in [1.54, 1.807) is 0 Å². The van der Waals surface area contributed by atoms with Crippen LogP contribution in [0.3, 0.4) is 0 Å². The van der Waals surface area contributed by atoms with Crippen LogP contribution in [-0.4, -0.2) is 25.8 Å². The minimum atomic E-state index is -0.360. The molecule has 158 valence electrons. The van der Waals surface area contributed by atoms with Gasteiger partial charge in [-0.25, -0.2) is 0 Å². The van der Waals surface area contributed by atoms with Gasteiger partial charge in [-0.15, -0.1) is 10.2 Å². The molecule has 6 nitrogen and oxygen atoms in total. The van der Waals surface area contributed by atoms with Crippen molar-refractivity contribution in [3.63, 3.8) is 0 Å². The predicted octanol–water partition coefficient (Wildman–Crippen LogP) is 5.79. The Morgan fingerprint density at radius 2 is 1.59 bits per heavy atom. The van der Waals surface area contributed by atoms with E-state index in [1.165, 1.54) is 11.8 Å². The largest absolute Gasteiger partial charge is 0.457 e. The van der Waals surface area contributed by atoms with Gasteiger partial charge >= 0.3 is 0 Å². The molecule has 0 saturated heterocycles. The summed E-state index contributed by atoms with van der Waals surface area (Å²) in [5, 5.41) is 12.9. The van der Waals surface area contributed by atoms with Gasteiger partial charge in [0.1, 0.15) is 11.5 Å². The van der Waals surface area contributed by atoms with Crippen molar-refractivity contribution in [2.75, 3.05) is 5.32 Å². The number of ether oxygens (including phenoxy) is 1. The summed E-state index contributed by atoms with van der Waals surface area (Å²) in [6.07, 6.45) is 0. The minimum Gasteiger partial charge on any atom is -0.457 e. The van der Waals surface area contributed by atoms with Gasteiger partial charge in [0.15, 0.2) is 10.8 Å². The maximum absolute atomic E-state index is 12.8. The summed E-state index contributed by atoms with van der Waals surface area (Å²) in [7, 11) is 0. The van der Waals surface area contributed by atoms with Crippen molar-refractivity contribution in [3.8, 4) is 11.5 Å². The molecule has 0 saturated carbocycles. The van der Waals surface area contributed by atoms with Crippen LogP contribution in [0.15, 0.2) is 96.2 Å². The SMILES string of the molecule is C[C@@H](Sc1nnc2ccc3ccccc3n12)C(=O)Nc1ccc(Oc2ccccc2)cc1. The van der Waals surface area contributed by atoms with Crippen molar-refractivity contribution in [2.45, 2.75) is 17.3 Å². The Kier molecular flexibility index (Phi) is 5.47. The Labute approximate surface area is 189 Å². The standard InChI is InChI=1S/C25H20N4O2S/c1-17(32-25-28-27-23-16-11-18-7-5-6-10-22(18)29(23)25)24(30)26-19-12-14-21(15-13-19)31-20-8-3-2-4-9-20/h2-17H,1H3,(H,26,30)/t17-/m1/s1.